The van der Waals surface area contributed by atoms with Crippen LogP contribution in [0.25, 0.3) is 0 Å². The molecule has 0 aliphatic carbocycles. The summed E-state index contributed by atoms with van der Waals surface area (Å²) in [6.07, 6.45) is 0.266. The van der Waals surface area contributed by atoms with Crippen molar-refractivity contribution in [2.45, 2.75) is 12.5 Å². The summed E-state index contributed by atoms with van der Waals surface area (Å²) in [5, 5.41) is 5.78. The molecule has 1 aliphatic heterocycles. The van der Waals surface area contributed by atoms with E-state index in [1.54, 1.807) is 0 Å². The molecule has 0 bridgehead atoms. The summed E-state index contributed by atoms with van der Waals surface area (Å²) in [5.41, 5.74) is 2.05. The van der Waals surface area contributed by atoms with Gasteiger partial charge in [-0.1, -0.05) is 60.7 Å². The highest BCUT2D eigenvalue weighted by atomic mass is 16.2. The first-order chi connectivity index (χ1) is 10.7. The lowest BCUT2D eigenvalue weighted by atomic mass is 9.97. The van der Waals surface area contributed by atoms with Crippen molar-refractivity contribution < 1.29 is 9.59 Å². The van der Waals surface area contributed by atoms with E-state index in [0.29, 0.717) is 6.54 Å². The molecule has 2 aromatic carbocycles. The van der Waals surface area contributed by atoms with Gasteiger partial charge in [-0.3, -0.25) is 9.59 Å². The van der Waals surface area contributed by atoms with Crippen LogP contribution in [0.1, 0.15) is 23.6 Å². The molecule has 1 unspecified atom stereocenters. The van der Waals surface area contributed by atoms with Gasteiger partial charge in [0, 0.05) is 13.0 Å². The zero-order chi connectivity index (χ0) is 15.4. The van der Waals surface area contributed by atoms with Crippen LogP contribution in [0.4, 0.5) is 0 Å². The van der Waals surface area contributed by atoms with E-state index in [0.717, 1.165) is 11.1 Å². The van der Waals surface area contributed by atoms with Crippen LogP contribution < -0.4 is 10.6 Å². The fraction of sp³-hybridized carbons (Fsp3) is 0.222. The second kappa shape index (κ2) is 6.43. The summed E-state index contributed by atoms with van der Waals surface area (Å²) in [6.45, 7) is 0.418. The van der Waals surface area contributed by atoms with Crippen LogP contribution in [0, 0.1) is 5.92 Å². The Bertz CT molecular complexity index is 616. The molecule has 4 nitrogen and oxygen atoms in total. The summed E-state index contributed by atoms with van der Waals surface area (Å²) < 4.78 is 0. The second-order valence-electron chi connectivity index (χ2n) is 5.47. The molecule has 112 valence electrons. The van der Waals surface area contributed by atoms with Crippen molar-refractivity contribution >= 4 is 11.8 Å². The van der Waals surface area contributed by atoms with Crippen LogP contribution in [0.3, 0.4) is 0 Å². The summed E-state index contributed by atoms with van der Waals surface area (Å²) in [4.78, 5) is 23.7. The quantitative estimate of drug-likeness (QED) is 0.906. The third kappa shape index (κ3) is 3.17. The molecule has 2 N–H and O–H groups in total. The van der Waals surface area contributed by atoms with E-state index in [2.05, 4.69) is 10.6 Å². The molecule has 1 atom stereocenters. The topological polar surface area (TPSA) is 58.2 Å². The van der Waals surface area contributed by atoms with Crippen molar-refractivity contribution in [3.05, 3.63) is 71.8 Å². The van der Waals surface area contributed by atoms with Gasteiger partial charge in [-0.25, -0.2) is 0 Å². The first-order valence-corrected chi connectivity index (χ1v) is 7.41. The summed E-state index contributed by atoms with van der Waals surface area (Å²) in [6, 6.07) is 19.5. The van der Waals surface area contributed by atoms with E-state index in [-0.39, 0.29) is 30.2 Å². The SMILES string of the molecule is O=C1CC(C(=O)NC(c2ccccc2)c2ccccc2)CN1. The molecule has 22 heavy (non-hydrogen) atoms. The minimum Gasteiger partial charge on any atom is -0.355 e. The number of hydrogen-bond acceptors (Lipinski definition) is 2. The average molecular weight is 294 g/mol. The molecule has 2 amide bonds. The molecule has 1 heterocycles. The predicted octanol–water partition coefficient (Wildman–Crippen LogP) is 2.03. The minimum absolute atomic E-state index is 0.0591. The van der Waals surface area contributed by atoms with Crippen molar-refractivity contribution in [2.24, 2.45) is 5.92 Å². The Balaban J connectivity index is 1.83. The van der Waals surface area contributed by atoms with E-state index < -0.39 is 0 Å². The minimum atomic E-state index is -0.289. The monoisotopic (exact) mass is 294 g/mol. The van der Waals surface area contributed by atoms with Gasteiger partial charge in [-0.15, -0.1) is 0 Å². The molecule has 0 spiro atoms. The third-order valence-corrected chi connectivity index (χ3v) is 3.90. The highest BCUT2D eigenvalue weighted by Gasteiger charge is 2.29. The van der Waals surface area contributed by atoms with Gasteiger partial charge >= 0.3 is 0 Å². The summed E-state index contributed by atoms with van der Waals surface area (Å²) >= 11 is 0. The Labute approximate surface area is 129 Å². The van der Waals surface area contributed by atoms with Gasteiger partial charge in [0.15, 0.2) is 0 Å². The highest BCUT2D eigenvalue weighted by molar-refractivity contribution is 5.89. The maximum atomic E-state index is 12.4. The number of nitrogens with one attached hydrogen (secondary N) is 2. The van der Waals surface area contributed by atoms with Gasteiger partial charge in [-0.2, -0.15) is 0 Å². The average Bonchev–Trinajstić information content (AvgIpc) is 3.01. The van der Waals surface area contributed by atoms with Crippen molar-refractivity contribution in [3.8, 4) is 0 Å². The van der Waals surface area contributed by atoms with Crippen molar-refractivity contribution in [1.82, 2.24) is 10.6 Å². The predicted molar refractivity (Wildman–Crippen MR) is 84.0 cm³/mol. The highest BCUT2D eigenvalue weighted by Crippen LogP contribution is 2.23. The molecule has 1 saturated heterocycles. The van der Waals surface area contributed by atoms with Gasteiger partial charge in [0.2, 0.25) is 11.8 Å². The Morgan fingerprint density at radius 1 is 1.00 bits per heavy atom. The fourth-order valence-electron chi connectivity index (χ4n) is 2.70. The fourth-order valence-corrected chi connectivity index (χ4v) is 2.70. The molecular formula is C18H18N2O2. The Morgan fingerprint density at radius 2 is 1.55 bits per heavy atom. The normalized spacial score (nSPS) is 17.3. The van der Waals surface area contributed by atoms with Crippen molar-refractivity contribution in [1.29, 1.82) is 0 Å². The zero-order valence-electron chi connectivity index (χ0n) is 12.2. The van der Waals surface area contributed by atoms with Gasteiger partial charge < -0.3 is 10.6 Å². The lowest BCUT2D eigenvalue weighted by Crippen LogP contribution is -2.35. The Hall–Kier alpha value is -2.62. The Morgan fingerprint density at radius 3 is 2.00 bits per heavy atom. The molecule has 1 aliphatic rings. The first kappa shape index (κ1) is 14.3. The number of amides is 2. The molecule has 0 aromatic heterocycles. The number of rotatable bonds is 4. The summed E-state index contributed by atoms with van der Waals surface area (Å²) in [7, 11) is 0. The van der Waals surface area contributed by atoms with Gasteiger partial charge in [0.25, 0.3) is 0 Å². The van der Waals surface area contributed by atoms with E-state index >= 15 is 0 Å². The van der Waals surface area contributed by atoms with E-state index in [9.17, 15) is 9.59 Å². The number of hydrogen-bond donors (Lipinski definition) is 2. The van der Waals surface area contributed by atoms with Crippen LogP contribution >= 0.6 is 0 Å². The maximum absolute atomic E-state index is 12.4. The summed E-state index contributed by atoms with van der Waals surface area (Å²) in [5.74, 6) is -0.436. The maximum Gasteiger partial charge on any atom is 0.226 e. The standard InChI is InChI=1S/C18H18N2O2/c21-16-11-15(12-19-16)18(22)20-17(13-7-3-1-4-8-13)14-9-5-2-6-10-14/h1-10,15,17H,11-12H2,(H,19,21)(H,20,22). The smallest absolute Gasteiger partial charge is 0.226 e. The van der Waals surface area contributed by atoms with Gasteiger partial charge in [-0.05, 0) is 11.1 Å². The molecule has 0 radical (unpaired) electrons. The largest absolute Gasteiger partial charge is 0.355 e. The van der Waals surface area contributed by atoms with Crippen LogP contribution in [-0.4, -0.2) is 18.4 Å². The molecule has 0 saturated carbocycles. The second-order valence-corrected chi connectivity index (χ2v) is 5.47. The first-order valence-electron chi connectivity index (χ1n) is 7.41. The van der Waals surface area contributed by atoms with E-state index in [1.807, 2.05) is 60.7 Å². The number of carbonyl (C=O) groups is 2. The van der Waals surface area contributed by atoms with E-state index in [4.69, 9.17) is 0 Å². The molecule has 4 heteroatoms. The van der Waals surface area contributed by atoms with Crippen LogP contribution in [0.15, 0.2) is 60.7 Å². The van der Waals surface area contributed by atoms with Crippen molar-refractivity contribution in [3.63, 3.8) is 0 Å². The van der Waals surface area contributed by atoms with E-state index in [1.165, 1.54) is 0 Å². The zero-order valence-corrected chi connectivity index (χ0v) is 12.2. The lowest BCUT2D eigenvalue weighted by Gasteiger charge is -2.21. The van der Waals surface area contributed by atoms with Gasteiger partial charge in [0.1, 0.15) is 0 Å². The lowest BCUT2D eigenvalue weighted by molar-refractivity contribution is -0.126. The van der Waals surface area contributed by atoms with Crippen molar-refractivity contribution in [2.75, 3.05) is 6.54 Å². The number of benzene rings is 2. The van der Waals surface area contributed by atoms with Gasteiger partial charge in [0.05, 0.1) is 12.0 Å². The molecular weight excluding hydrogens is 276 g/mol. The van der Waals surface area contributed by atoms with Crippen LogP contribution in [-0.2, 0) is 9.59 Å². The van der Waals surface area contributed by atoms with Crippen LogP contribution in [0.2, 0.25) is 0 Å². The number of carbonyl (C=O) groups excluding carboxylic acids is 2. The molecule has 3 rings (SSSR count). The third-order valence-electron chi connectivity index (χ3n) is 3.90. The Kier molecular flexibility index (Phi) is 4.19. The van der Waals surface area contributed by atoms with Crippen LogP contribution in [0.5, 0.6) is 0 Å². The molecule has 1 fully saturated rings. The molecule has 2 aromatic rings.